The molecule has 29 heavy (non-hydrogen) atoms. The SMILES string of the molecule is Cc1ccc(C(=O)COC(=O)C[C@@H](NC(=O)c2ccccc2)c2ccccc2)s1. The summed E-state index contributed by atoms with van der Waals surface area (Å²) in [7, 11) is 0. The highest BCUT2D eigenvalue weighted by molar-refractivity contribution is 7.14. The van der Waals surface area contributed by atoms with Gasteiger partial charge >= 0.3 is 5.97 Å². The van der Waals surface area contributed by atoms with E-state index in [0.29, 0.717) is 10.4 Å². The molecule has 0 spiro atoms. The highest BCUT2D eigenvalue weighted by Crippen LogP contribution is 2.19. The third-order valence-corrected chi connectivity index (χ3v) is 5.34. The van der Waals surface area contributed by atoms with Crippen molar-refractivity contribution in [3.8, 4) is 0 Å². The van der Waals surface area contributed by atoms with Gasteiger partial charge in [0, 0.05) is 10.4 Å². The lowest BCUT2D eigenvalue weighted by atomic mass is 10.0. The van der Waals surface area contributed by atoms with Gasteiger partial charge < -0.3 is 10.1 Å². The van der Waals surface area contributed by atoms with Crippen LogP contribution in [0.25, 0.3) is 0 Å². The van der Waals surface area contributed by atoms with Crippen molar-refractivity contribution in [2.75, 3.05) is 6.61 Å². The number of hydrogen-bond donors (Lipinski definition) is 1. The standard InChI is InChI=1S/C23H21NO4S/c1-16-12-13-21(29-16)20(25)15-28-22(26)14-19(17-8-4-2-5-9-17)24-23(27)18-10-6-3-7-11-18/h2-13,19H,14-15H2,1H3,(H,24,27)/t19-/m1/s1. The summed E-state index contributed by atoms with van der Waals surface area (Å²) in [4.78, 5) is 38.6. The first-order valence-electron chi connectivity index (χ1n) is 9.19. The van der Waals surface area contributed by atoms with Gasteiger partial charge in [0.25, 0.3) is 5.91 Å². The van der Waals surface area contributed by atoms with Crippen LogP contribution in [-0.4, -0.2) is 24.3 Å². The second-order valence-electron chi connectivity index (χ2n) is 6.50. The minimum atomic E-state index is -0.560. The van der Waals surface area contributed by atoms with Gasteiger partial charge in [-0.05, 0) is 36.8 Å². The summed E-state index contributed by atoms with van der Waals surface area (Å²) in [6.07, 6.45) is -0.0701. The average Bonchev–Trinajstić information content (AvgIpc) is 3.19. The summed E-state index contributed by atoms with van der Waals surface area (Å²) in [6.45, 7) is 1.60. The van der Waals surface area contributed by atoms with Crippen molar-refractivity contribution in [3.05, 3.63) is 93.7 Å². The van der Waals surface area contributed by atoms with Crippen LogP contribution in [-0.2, 0) is 9.53 Å². The van der Waals surface area contributed by atoms with Gasteiger partial charge in [-0.15, -0.1) is 11.3 Å². The maximum absolute atomic E-state index is 12.5. The van der Waals surface area contributed by atoms with E-state index >= 15 is 0 Å². The molecular formula is C23H21NO4S. The number of ether oxygens (including phenoxy) is 1. The zero-order valence-corrected chi connectivity index (χ0v) is 16.8. The fourth-order valence-electron chi connectivity index (χ4n) is 2.80. The number of thiophene rings is 1. The lowest BCUT2D eigenvalue weighted by molar-refractivity contribution is -0.143. The number of aryl methyl sites for hydroxylation is 1. The van der Waals surface area contributed by atoms with Crippen LogP contribution in [0.4, 0.5) is 0 Å². The van der Waals surface area contributed by atoms with Crippen LogP contribution in [0.2, 0.25) is 0 Å². The Hall–Kier alpha value is -3.25. The van der Waals surface area contributed by atoms with E-state index in [0.717, 1.165) is 10.4 Å². The monoisotopic (exact) mass is 407 g/mol. The van der Waals surface area contributed by atoms with E-state index < -0.39 is 12.0 Å². The molecule has 0 bridgehead atoms. The fourth-order valence-corrected chi connectivity index (χ4v) is 3.59. The maximum atomic E-state index is 12.5. The molecule has 1 atom stereocenters. The van der Waals surface area contributed by atoms with Crippen molar-refractivity contribution in [3.63, 3.8) is 0 Å². The molecule has 148 valence electrons. The number of ketones is 1. The number of carbonyl (C=O) groups excluding carboxylic acids is 3. The highest BCUT2D eigenvalue weighted by atomic mass is 32.1. The van der Waals surface area contributed by atoms with Gasteiger partial charge in [0.05, 0.1) is 17.3 Å². The van der Waals surface area contributed by atoms with E-state index in [4.69, 9.17) is 4.74 Å². The largest absolute Gasteiger partial charge is 0.457 e. The predicted octanol–water partition coefficient (Wildman–Crippen LogP) is 4.34. The van der Waals surface area contributed by atoms with Gasteiger partial charge in [-0.1, -0.05) is 48.5 Å². The molecule has 3 rings (SSSR count). The van der Waals surface area contributed by atoms with Gasteiger partial charge in [0.1, 0.15) is 0 Å². The Morgan fingerprint density at radius 1 is 0.931 bits per heavy atom. The van der Waals surface area contributed by atoms with Crippen molar-refractivity contribution in [1.29, 1.82) is 0 Å². The van der Waals surface area contributed by atoms with Crippen LogP contribution in [0, 0.1) is 6.92 Å². The lowest BCUT2D eigenvalue weighted by Gasteiger charge is -2.18. The van der Waals surface area contributed by atoms with Gasteiger partial charge in [-0.25, -0.2) is 0 Å². The zero-order chi connectivity index (χ0) is 20.6. The van der Waals surface area contributed by atoms with Gasteiger partial charge in [0.2, 0.25) is 5.78 Å². The molecular weight excluding hydrogens is 386 g/mol. The molecule has 0 saturated carbocycles. The highest BCUT2D eigenvalue weighted by Gasteiger charge is 2.21. The average molecular weight is 407 g/mol. The Kier molecular flexibility index (Phi) is 6.92. The maximum Gasteiger partial charge on any atom is 0.308 e. The summed E-state index contributed by atoms with van der Waals surface area (Å²) in [5, 5.41) is 2.88. The first-order valence-corrected chi connectivity index (χ1v) is 10.0. The van der Waals surface area contributed by atoms with Crippen molar-refractivity contribution in [1.82, 2.24) is 5.32 Å². The third-order valence-electron chi connectivity index (χ3n) is 4.29. The molecule has 1 heterocycles. The van der Waals surface area contributed by atoms with Crippen LogP contribution in [0.3, 0.4) is 0 Å². The van der Waals surface area contributed by atoms with E-state index in [1.54, 1.807) is 30.3 Å². The molecule has 6 heteroatoms. The van der Waals surface area contributed by atoms with Gasteiger partial charge in [0.15, 0.2) is 6.61 Å². The van der Waals surface area contributed by atoms with Crippen LogP contribution < -0.4 is 5.32 Å². The number of esters is 1. The van der Waals surface area contributed by atoms with Gasteiger partial charge in [-0.2, -0.15) is 0 Å². The second kappa shape index (κ2) is 9.80. The summed E-state index contributed by atoms with van der Waals surface area (Å²) in [5.74, 6) is -1.06. The summed E-state index contributed by atoms with van der Waals surface area (Å²) >= 11 is 1.37. The molecule has 1 N–H and O–H groups in total. The van der Waals surface area contributed by atoms with Crippen LogP contribution in [0.5, 0.6) is 0 Å². The molecule has 0 aliphatic carbocycles. The fraction of sp³-hybridized carbons (Fsp3) is 0.174. The molecule has 0 radical (unpaired) electrons. The molecule has 1 aromatic heterocycles. The Bertz CT molecular complexity index is 982. The van der Waals surface area contributed by atoms with E-state index in [9.17, 15) is 14.4 Å². The number of amides is 1. The minimum absolute atomic E-state index is 0.0701. The zero-order valence-electron chi connectivity index (χ0n) is 16.0. The Morgan fingerprint density at radius 3 is 2.21 bits per heavy atom. The number of carbonyl (C=O) groups is 3. The summed E-state index contributed by atoms with van der Waals surface area (Å²) in [5.41, 5.74) is 1.29. The Balaban J connectivity index is 1.64. The van der Waals surface area contributed by atoms with Crippen molar-refractivity contribution >= 4 is 29.0 Å². The number of benzene rings is 2. The molecule has 0 unspecified atom stereocenters. The van der Waals surface area contributed by atoms with E-state index in [1.165, 1.54) is 11.3 Å². The third kappa shape index (κ3) is 5.86. The molecule has 0 fully saturated rings. The number of rotatable bonds is 8. The van der Waals surface area contributed by atoms with E-state index in [1.807, 2.05) is 49.4 Å². The molecule has 0 aliphatic rings. The van der Waals surface area contributed by atoms with Crippen LogP contribution in [0.1, 0.15) is 42.9 Å². The predicted molar refractivity (Wildman–Crippen MR) is 112 cm³/mol. The molecule has 1 amide bonds. The van der Waals surface area contributed by atoms with E-state index in [2.05, 4.69) is 5.32 Å². The number of Topliss-reactive ketones (excluding diaryl/α,β-unsaturated/α-hetero) is 1. The first kappa shape index (κ1) is 20.5. The Labute approximate surface area is 173 Å². The van der Waals surface area contributed by atoms with Crippen molar-refractivity contribution in [2.24, 2.45) is 0 Å². The first-order chi connectivity index (χ1) is 14.0. The van der Waals surface area contributed by atoms with Crippen molar-refractivity contribution in [2.45, 2.75) is 19.4 Å². The quantitative estimate of drug-likeness (QED) is 0.445. The second-order valence-corrected chi connectivity index (χ2v) is 7.79. The lowest BCUT2D eigenvalue weighted by Crippen LogP contribution is -2.31. The molecule has 3 aromatic rings. The number of hydrogen-bond acceptors (Lipinski definition) is 5. The topological polar surface area (TPSA) is 72.5 Å². The van der Waals surface area contributed by atoms with Crippen LogP contribution in [0.15, 0.2) is 72.8 Å². The minimum Gasteiger partial charge on any atom is -0.457 e. The molecule has 5 nitrogen and oxygen atoms in total. The number of nitrogens with one attached hydrogen (secondary N) is 1. The molecule has 0 aliphatic heterocycles. The normalized spacial score (nSPS) is 11.5. The van der Waals surface area contributed by atoms with E-state index in [-0.39, 0.29) is 24.7 Å². The Morgan fingerprint density at radius 2 is 1.59 bits per heavy atom. The smallest absolute Gasteiger partial charge is 0.308 e. The molecule has 2 aromatic carbocycles. The summed E-state index contributed by atoms with van der Waals surface area (Å²) in [6, 6.07) is 21.0. The molecule has 0 saturated heterocycles. The van der Waals surface area contributed by atoms with Crippen molar-refractivity contribution < 1.29 is 19.1 Å². The summed E-state index contributed by atoms with van der Waals surface area (Å²) < 4.78 is 5.17. The van der Waals surface area contributed by atoms with Crippen LogP contribution >= 0.6 is 11.3 Å². The van der Waals surface area contributed by atoms with Gasteiger partial charge in [-0.3, -0.25) is 14.4 Å².